The standard InChI is InChI=1S/C24H15N3S/c1-2-7-22-18(5-1)19-10-8-16-12-14-28-24(16)23(19)27(22)17-9-11-21(26-15-17)20-6-3-4-13-25-20/h1-15H. The molecule has 4 aromatic heterocycles. The zero-order valence-electron chi connectivity index (χ0n) is 14.9. The lowest BCUT2D eigenvalue weighted by atomic mass is 10.1. The van der Waals surface area contributed by atoms with E-state index in [1.807, 2.05) is 30.5 Å². The van der Waals surface area contributed by atoms with E-state index in [0.29, 0.717) is 0 Å². The third-order valence-electron chi connectivity index (χ3n) is 5.19. The summed E-state index contributed by atoms with van der Waals surface area (Å²) in [5.74, 6) is 0. The fraction of sp³-hybridized carbons (Fsp3) is 0. The molecule has 0 aliphatic carbocycles. The third-order valence-corrected chi connectivity index (χ3v) is 6.12. The van der Waals surface area contributed by atoms with Gasteiger partial charge in [-0.15, -0.1) is 11.3 Å². The second-order valence-electron chi connectivity index (χ2n) is 6.77. The molecule has 0 fully saturated rings. The Morgan fingerprint density at radius 1 is 0.714 bits per heavy atom. The van der Waals surface area contributed by atoms with Crippen LogP contribution >= 0.6 is 11.3 Å². The average Bonchev–Trinajstić information content (AvgIpc) is 3.37. The van der Waals surface area contributed by atoms with E-state index in [0.717, 1.165) is 17.1 Å². The van der Waals surface area contributed by atoms with Gasteiger partial charge < -0.3 is 4.57 Å². The molecular weight excluding hydrogens is 362 g/mol. The molecule has 0 saturated heterocycles. The van der Waals surface area contributed by atoms with Gasteiger partial charge in [-0.3, -0.25) is 9.97 Å². The van der Waals surface area contributed by atoms with Crippen molar-refractivity contribution in [2.45, 2.75) is 0 Å². The first kappa shape index (κ1) is 15.5. The average molecular weight is 377 g/mol. The number of rotatable bonds is 2. The number of para-hydroxylation sites is 1. The van der Waals surface area contributed by atoms with Gasteiger partial charge in [0.1, 0.15) is 0 Å². The van der Waals surface area contributed by atoms with Gasteiger partial charge in [0.2, 0.25) is 0 Å². The van der Waals surface area contributed by atoms with Crippen LogP contribution in [0.3, 0.4) is 0 Å². The highest BCUT2D eigenvalue weighted by molar-refractivity contribution is 7.18. The highest BCUT2D eigenvalue weighted by Crippen LogP contribution is 2.38. The van der Waals surface area contributed by atoms with Gasteiger partial charge in [-0.25, -0.2) is 0 Å². The Bertz CT molecular complexity index is 1440. The fourth-order valence-corrected chi connectivity index (χ4v) is 4.86. The van der Waals surface area contributed by atoms with E-state index in [2.05, 4.69) is 63.5 Å². The molecule has 6 aromatic rings. The smallest absolute Gasteiger partial charge is 0.0887 e. The topological polar surface area (TPSA) is 30.7 Å². The summed E-state index contributed by atoms with van der Waals surface area (Å²) in [4.78, 5) is 9.11. The maximum Gasteiger partial charge on any atom is 0.0887 e. The van der Waals surface area contributed by atoms with Gasteiger partial charge >= 0.3 is 0 Å². The minimum absolute atomic E-state index is 0.881. The first-order valence-electron chi connectivity index (χ1n) is 9.17. The molecule has 4 heterocycles. The predicted molar refractivity (Wildman–Crippen MR) is 117 cm³/mol. The number of fused-ring (bicyclic) bond motifs is 5. The largest absolute Gasteiger partial charge is 0.306 e. The zero-order chi connectivity index (χ0) is 18.5. The molecule has 0 bridgehead atoms. The molecule has 3 nitrogen and oxygen atoms in total. The number of hydrogen-bond acceptors (Lipinski definition) is 3. The van der Waals surface area contributed by atoms with Crippen LogP contribution in [0.15, 0.2) is 90.6 Å². The van der Waals surface area contributed by atoms with Gasteiger partial charge in [-0.05, 0) is 47.2 Å². The van der Waals surface area contributed by atoms with Gasteiger partial charge in [0, 0.05) is 17.0 Å². The molecule has 0 aliphatic rings. The molecule has 0 atom stereocenters. The summed E-state index contributed by atoms with van der Waals surface area (Å²) < 4.78 is 3.64. The van der Waals surface area contributed by atoms with Gasteiger partial charge in [0.25, 0.3) is 0 Å². The summed E-state index contributed by atoms with van der Waals surface area (Å²) in [5, 5.41) is 5.98. The van der Waals surface area contributed by atoms with Crippen LogP contribution in [0.2, 0.25) is 0 Å². The molecule has 132 valence electrons. The molecule has 0 amide bonds. The maximum atomic E-state index is 4.71. The number of nitrogens with zero attached hydrogens (tertiary/aromatic N) is 3. The molecule has 4 heteroatoms. The Kier molecular flexibility index (Phi) is 3.34. The van der Waals surface area contributed by atoms with Gasteiger partial charge in [-0.2, -0.15) is 0 Å². The Balaban J connectivity index is 1.66. The monoisotopic (exact) mass is 377 g/mol. The van der Waals surface area contributed by atoms with Crippen molar-refractivity contribution in [3.8, 4) is 17.1 Å². The quantitative estimate of drug-likeness (QED) is 0.347. The molecule has 0 unspecified atom stereocenters. The van der Waals surface area contributed by atoms with Crippen molar-refractivity contribution in [2.24, 2.45) is 0 Å². The van der Waals surface area contributed by atoms with Crippen LogP contribution in [-0.4, -0.2) is 14.5 Å². The second kappa shape index (κ2) is 6.01. The van der Waals surface area contributed by atoms with Gasteiger partial charge in [0.15, 0.2) is 0 Å². The van der Waals surface area contributed by atoms with E-state index in [9.17, 15) is 0 Å². The lowest BCUT2D eigenvalue weighted by molar-refractivity contribution is 1.14. The van der Waals surface area contributed by atoms with Crippen LogP contribution in [0, 0.1) is 0 Å². The molecule has 0 N–H and O–H groups in total. The highest BCUT2D eigenvalue weighted by atomic mass is 32.1. The number of hydrogen-bond donors (Lipinski definition) is 0. The van der Waals surface area contributed by atoms with Crippen LogP contribution in [-0.2, 0) is 0 Å². The van der Waals surface area contributed by atoms with Crippen molar-refractivity contribution in [1.29, 1.82) is 0 Å². The number of thiophene rings is 1. The highest BCUT2D eigenvalue weighted by Gasteiger charge is 2.15. The Morgan fingerprint density at radius 3 is 2.46 bits per heavy atom. The number of benzene rings is 2. The second-order valence-corrected chi connectivity index (χ2v) is 7.69. The lowest BCUT2D eigenvalue weighted by Gasteiger charge is -2.09. The summed E-state index contributed by atoms with van der Waals surface area (Å²) in [7, 11) is 0. The maximum absolute atomic E-state index is 4.71. The lowest BCUT2D eigenvalue weighted by Crippen LogP contribution is -1.96. The molecule has 0 aliphatic heterocycles. The fourth-order valence-electron chi connectivity index (χ4n) is 3.93. The molecule has 0 radical (unpaired) electrons. The summed E-state index contributed by atoms with van der Waals surface area (Å²) in [6.07, 6.45) is 3.74. The first-order valence-corrected chi connectivity index (χ1v) is 10.1. The van der Waals surface area contributed by atoms with Crippen molar-refractivity contribution in [1.82, 2.24) is 14.5 Å². The molecular formula is C24H15N3S. The molecule has 2 aromatic carbocycles. The van der Waals surface area contributed by atoms with Crippen molar-refractivity contribution >= 4 is 43.2 Å². The van der Waals surface area contributed by atoms with Crippen LogP contribution in [0.25, 0.3) is 49.0 Å². The van der Waals surface area contributed by atoms with Crippen molar-refractivity contribution in [2.75, 3.05) is 0 Å². The molecule has 0 saturated carbocycles. The summed E-state index contributed by atoms with van der Waals surface area (Å²) in [6.45, 7) is 0. The summed E-state index contributed by atoms with van der Waals surface area (Å²) >= 11 is 1.79. The Labute approximate surface area is 165 Å². The molecule has 28 heavy (non-hydrogen) atoms. The summed E-state index contributed by atoms with van der Waals surface area (Å²) in [6, 6.07) is 25.3. The minimum atomic E-state index is 0.881. The van der Waals surface area contributed by atoms with E-state index in [1.165, 1.54) is 31.9 Å². The predicted octanol–water partition coefficient (Wildman–Crippen LogP) is 6.46. The number of aromatic nitrogens is 3. The van der Waals surface area contributed by atoms with Crippen molar-refractivity contribution < 1.29 is 0 Å². The zero-order valence-corrected chi connectivity index (χ0v) is 15.7. The van der Waals surface area contributed by atoms with Crippen LogP contribution < -0.4 is 0 Å². The van der Waals surface area contributed by atoms with Crippen molar-refractivity contribution in [3.63, 3.8) is 0 Å². The third kappa shape index (κ3) is 2.22. The Morgan fingerprint density at radius 2 is 1.61 bits per heavy atom. The van der Waals surface area contributed by atoms with Crippen LogP contribution in [0.4, 0.5) is 0 Å². The normalized spacial score (nSPS) is 11.6. The van der Waals surface area contributed by atoms with E-state index < -0.39 is 0 Å². The Hall–Kier alpha value is -3.50. The number of pyridine rings is 2. The van der Waals surface area contributed by atoms with Gasteiger partial charge in [0.05, 0.1) is 39.0 Å². The van der Waals surface area contributed by atoms with Crippen LogP contribution in [0.5, 0.6) is 0 Å². The first-order chi connectivity index (χ1) is 13.9. The van der Waals surface area contributed by atoms with E-state index in [4.69, 9.17) is 4.98 Å². The van der Waals surface area contributed by atoms with E-state index >= 15 is 0 Å². The minimum Gasteiger partial charge on any atom is -0.306 e. The summed E-state index contributed by atoms with van der Waals surface area (Å²) in [5.41, 5.74) is 5.28. The van der Waals surface area contributed by atoms with Gasteiger partial charge in [-0.1, -0.05) is 36.4 Å². The SMILES string of the molecule is c1ccc(-c2ccc(-n3c4ccccc4c4ccc5ccsc5c43)cn2)nc1. The van der Waals surface area contributed by atoms with E-state index in [1.54, 1.807) is 17.5 Å². The molecule has 0 spiro atoms. The van der Waals surface area contributed by atoms with Crippen molar-refractivity contribution in [3.05, 3.63) is 90.6 Å². The molecule has 6 rings (SSSR count). The van der Waals surface area contributed by atoms with Crippen LogP contribution in [0.1, 0.15) is 0 Å². The van der Waals surface area contributed by atoms with E-state index in [-0.39, 0.29) is 0 Å².